The van der Waals surface area contributed by atoms with Crippen molar-refractivity contribution in [3.8, 4) is 5.75 Å². The van der Waals surface area contributed by atoms with E-state index in [0.29, 0.717) is 48.8 Å². The van der Waals surface area contributed by atoms with Crippen LogP contribution in [-0.2, 0) is 11.3 Å². The van der Waals surface area contributed by atoms with Crippen LogP contribution >= 0.6 is 0 Å². The Hall–Kier alpha value is -4.32. The maximum Gasteiger partial charge on any atom is 0.335 e. The molecule has 0 bridgehead atoms. The molecule has 2 heterocycles. The van der Waals surface area contributed by atoms with Crippen LogP contribution in [0.25, 0.3) is 0 Å². The standard InChI is InChI=1S/C36H46N4O7/c1-24-20-40(25(2)23-41)35(43)31-19-30(38-34(42)28-14-16-37-17-15-28)12-13-32(31)47-26(3)7-5-6-18-46-33(24)22-39(4)21-27-8-10-29(11-9-27)36(44)45/h8-17,19,24-26,33,41H,5-7,18,20-23H2,1-4H3,(H,38,42)(H,44,45)/t24-,25-,26-,33+/m1/s1. The number of ether oxygens (including phenoxy) is 2. The first-order valence-electron chi connectivity index (χ1n) is 16.1. The number of amides is 2. The van der Waals surface area contributed by atoms with Crippen molar-refractivity contribution in [1.82, 2.24) is 14.8 Å². The van der Waals surface area contributed by atoms with E-state index in [-0.39, 0.29) is 42.1 Å². The van der Waals surface area contributed by atoms with Crippen molar-refractivity contribution < 1.29 is 34.1 Å². The van der Waals surface area contributed by atoms with Crippen LogP contribution in [0, 0.1) is 5.92 Å². The third-order valence-electron chi connectivity index (χ3n) is 8.40. The molecule has 1 aromatic heterocycles. The van der Waals surface area contributed by atoms with Crippen molar-refractivity contribution in [2.24, 2.45) is 5.92 Å². The number of aromatic nitrogens is 1. The van der Waals surface area contributed by atoms with Crippen LogP contribution in [0.1, 0.15) is 76.7 Å². The number of nitrogens with zero attached hydrogens (tertiary/aromatic N) is 3. The summed E-state index contributed by atoms with van der Waals surface area (Å²) in [7, 11) is 1.99. The van der Waals surface area contributed by atoms with Crippen LogP contribution in [0.2, 0.25) is 0 Å². The molecule has 4 atom stereocenters. The molecular formula is C36H46N4O7. The molecule has 0 fully saturated rings. The zero-order valence-corrected chi connectivity index (χ0v) is 27.6. The largest absolute Gasteiger partial charge is 0.490 e. The topological polar surface area (TPSA) is 142 Å². The third-order valence-corrected chi connectivity index (χ3v) is 8.40. The summed E-state index contributed by atoms with van der Waals surface area (Å²) < 4.78 is 12.7. The Labute approximate surface area is 276 Å². The van der Waals surface area contributed by atoms with Gasteiger partial charge in [-0.3, -0.25) is 19.5 Å². The number of aliphatic hydroxyl groups excluding tert-OH is 1. The Morgan fingerprint density at radius 1 is 1.06 bits per heavy atom. The lowest BCUT2D eigenvalue weighted by Gasteiger charge is -2.36. The van der Waals surface area contributed by atoms with Crippen LogP contribution in [0.5, 0.6) is 5.75 Å². The minimum atomic E-state index is -0.961. The molecule has 0 saturated carbocycles. The van der Waals surface area contributed by atoms with Crippen LogP contribution in [0.15, 0.2) is 67.0 Å². The van der Waals surface area contributed by atoms with Gasteiger partial charge in [0.1, 0.15) is 5.75 Å². The molecule has 0 radical (unpaired) electrons. The Balaban J connectivity index is 1.59. The highest BCUT2D eigenvalue weighted by atomic mass is 16.5. The highest BCUT2D eigenvalue weighted by Crippen LogP contribution is 2.29. The smallest absolute Gasteiger partial charge is 0.335 e. The molecule has 0 spiro atoms. The highest BCUT2D eigenvalue weighted by molar-refractivity contribution is 6.05. The Morgan fingerprint density at radius 3 is 2.47 bits per heavy atom. The van der Waals surface area contributed by atoms with E-state index in [1.165, 1.54) is 0 Å². The summed E-state index contributed by atoms with van der Waals surface area (Å²) in [4.78, 5) is 46.2. The van der Waals surface area contributed by atoms with Gasteiger partial charge in [0.05, 0.1) is 36.0 Å². The first-order valence-corrected chi connectivity index (χ1v) is 16.1. The van der Waals surface area contributed by atoms with Crippen LogP contribution < -0.4 is 10.1 Å². The second-order valence-corrected chi connectivity index (χ2v) is 12.4. The van der Waals surface area contributed by atoms with Crippen molar-refractivity contribution in [3.63, 3.8) is 0 Å². The van der Waals surface area contributed by atoms with Crippen molar-refractivity contribution in [2.75, 3.05) is 38.7 Å². The van der Waals surface area contributed by atoms with Gasteiger partial charge in [0.25, 0.3) is 11.8 Å². The number of likely N-dealkylation sites (N-methyl/N-ethyl adjacent to an activating group) is 1. The van der Waals surface area contributed by atoms with Gasteiger partial charge in [-0.1, -0.05) is 19.1 Å². The van der Waals surface area contributed by atoms with E-state index in [1.807, 2.05) is 33.0 Å². The number of carboxylic acid groups (broad SMARTS) is 1. The SMILES string of the molecule is C[C@@H]1CCCCO[C@@H](CN(C)Cc2ccc(C(=O)O)cc2)[C@H](C)CN([C@H](C)CO)C(=O)c2cc(NC(=O)c3ccncc3)ccc2O1. The Morgan fingerprint density at radius 2 is 1.79 bits per heavy atom. The van der Waals surface area contributed by atoms with Crippen molar-refractivity contribution in [1.29, 1.82) is 0 Å². The normalized spacial score (nSPS) is 20.1. The Bertz CT molecular complexity index is 1480. The van der Waals surface area contributed by atoms with Gasteiger partial charge in [0, 0.05) is 55.8 Å². The molecule has 47 heavy (non-hydrogen) atoms. The fourth-order valence-electron chi connectivity index (χ4n) is 5.61. The summed E-state index contributed by atoms with van der Waals surface area (Å²) in [5.74, 6) is -1.29. The molecule has 11 heteroatoms. The summed E-state index contributed by atoms with van der Waals surface area (Å²) in [6, 6.07) is 14.6. The maximum atomic E-state index is 14.3. The third kappa shape index (κ3) is 10.1. The number of carbonyl (C=O) groups is 3. The van der Waals surface area contributed by atoms with Gasteiger partial charge >= 0.3 is 5.97 Å². The first kappa shape index (κ1) is 35.5. The fourth-order valence-corrected chi connectivity index (χ4v) is 5.61. The van der Waals surface area contributed by atoms with E-state index in [4.69, 9.17) is 9.47 Å². The molecule has 0 unspecified atom stereocenters. The zero-order chi connectivity index (χ0) is 33.9. The number of fused-ring (bicyclic) bond motifs is 1. The number of aliphatic hydroxyl groups is 1. The Kier molecular flexibility index (Phi) is 12.9. The number of aromatic carboxylic acids is 1. The molecule has 252 valence electrons. The van der Waals surface area contributed by atoms with Gasteiger partial charge in [-0.15, -0.1) is 0 Å². The molecule has 1 aliphatic heterocycles. The van der Waals surface area contributed by atoms with Gasteiger partial charge in [0.15, 0.2) is 0 Å². The first-order chi connectivity index (χ1) is 22.5. The number of benzene rings is 2. The second kappa shape index (κ2) is 17.0. The molecule has 0 saturated heterocycles. The molecular weight excluding hydrogens is 600 g/mol. The van der Waals surface area contributed by atoms with E-state index >= 15 is 0 Å². The summed E-state index contributed by atoms with van der Waals surface area (Å²) in [5.41, 5.74) is 2.41. The molecule has 3 aromatic rings. The molecule has 1 aliphatic rings. The molecule has 4 rings (SSSR count). The number of anilines is 1. The molecule has 11 nitrogen and oxygen atoms in total. The van der Waals surface area contributed by atoms with Crippen LogP contribution in [0.4, 0.5) is 5.69 Å². The van der Waals surface area contributed by atoms with E-state index < -0.39 is 12.0 Å². The van der Waals surface area contributed by atoms with E-state index in [1.54, 1.807) is 66.7 Å². The lowest BCUT2D eigenvalue weighted by atomic mass is 10.0. The fraction of sp³-hybridized carbons (Fsp3) is 0.444. The van der Waals surface area contributed by atoms with Crippen molar-refractivity contribution in [3.05, 3.63) is 89.2 Å². The van der Waals surface area contributed by atoms with E-state index in [2.05, 4.69) is 15.2 Å². The number of hydrogen-bond donors (Lipinski definition) is 3. The average molecular weight is 647 g/mol. The predicted octanol–water partition coefficient (Wildman–Crippen LogP) is 4.96. The molecule has 0 aliphatic carbocycles. The highest BCUT2D eigenvalue weighted by Gasteiger charge is 2.30. The molecule has 2 amide bonds. The number of rotatable bonds is 9. The summed E-state index contributed by atoms with van der Waals surface area (Å²) in [6.45, 7) is 7.63. The zero-order valence-electron chi connectivity index (χ0n) is 27.6. The van der Waals surface area contributed by atoms with Gasteiger partial charge in [-0.05, 0) is 88.2 Å². The minimum Gasteiger partial charge on any atom is -0.490 e. The maximum absolute atomic E-state index is 14.3. The quantitative estimate of drug-likeness (QED) is 0.294. The number of carboxylic acids is 1. The second-order valence-electron chi connectivity index (χ2n) is 12.4. The molecule has 2 aromatic carbocycles. The van der Waals surface area contributed by atoms with Crippen molar-refractivity contribution >= 4 is 23.5 Å². The van der Waals surface area contributed by atoms with Gasteiger partial charge in [-0.25, -0.2) is 4.79 Å². The predicted molar refractivity (Wildman–Crippen MR) is 179 cm³/mol. The van der Waals surface area contributed by atoms with E-state index in [9.17, 15) is 24.6 Å². The number of pyridine rings is 1. The lowest BCUT2D eigenvalue weighted by molar-refractivity contribution is -0.0177. The van der Waals surface area contributed by atoms with Gasteiger partial charge in [-0.2, -0.15) is 0 Å². The van der Waals surface area contributed by atoms with Crippen LogP contribution in [0.3, 0.4) is 0 Å². The number of hydrogen-bond acceptors (Lipinski definition) is 8. The monoisotopic (exact) mass is 646 g/mol. The van der Waals surface area contributed by atoms with Gasteiger partial charge < -0.3 is 29.9 Å². The summed E-state index contributed by atoms with van der Waals surface area (Å²) in [5, 5.41) is 22.3. The summed E-state index contributed by atoms with van der Waals surface area (Å²) >= 11 is 0. The van der Waals surface area contributed by atoms with E-state index in [0.717, 1.165) is 24.8 Å². The average Bonchev–Trinajstić information content (AvgIpc) is 3.06. The minimum absolute atomic E-state index is 0.106. The lowest BCUT2D eigenvalue weighted by Crippen LogP contribution is -2.47. The van der Waals surface area contributed by atoms with Crippen molar-refractivity contribution in [2.45, 2.75) is 64.8 Å². The summed E-state index contributed by atoms with van der Waals surface area (Å²) in [6.07, 6.45) is 5.19. The van der Waals surface area contributed by atoms with Crippen LogP contribution in [-0.4, -0.2) is 94.4 Å². The molecule has 3 N–H and O–H groups in total. The van der Waals surface area contributed by atoms with Gasteiger partial charge in [0.2, 0.25) is 0 Å². The number of carbonyl (C=O) groups excluding carboxylic acids is 2. The number of nitrogens with one attached hydrogen (secondary N) is 1.